The number of carbonyl (C=O) groups excluding carboxylic acids is 1. The highest BCUT2D eigenvalue weighted by Gasteiger charge is 2.59. The third kappa shape index (κ3) is 2.94. The van der Waals surface area contributed by atoms with Gasteiger partial charge in [-0.15, -0.1) is 0 Å². The summed E-state index contributed by atoms with van der Waals surface area (Å²) in [5.41, 5.74) is 0.992. The quantitative estimate of drug-likeness (QED) is 0.591. The maximum Gasteiger partial charge on any atom is 0.220 e. The van der Waals surface area contributed by atoms with Crippen LogP contribution >= 0.6 is 0 Å². The molecule has 4 rings (SSSR count). The van der Waals surface area contributed by atoms with Gasteiger partial charge in [0.2, 0.25) is 5.91 Å². The lowest BCUT2D eigenvalue weighted by molar-refractivity contribution is -0.136. The van der Waals surface area contributed by atoms with E-state index in [1.54, 1.807) is 0 Å². The van der Waals surface area contributed by atoms with Crippen molar-refractivity contribution in [1.29, 1.82) is 0 Å². The number of amides is 1. The fourth-order valence-corrected chi connectivity index (χ4v) is 8.10. The normalized spacial score (nSPS) is 47.7. The van der Waals surface area contributed by atoms with Gasteiger partial charge in [0.1, 0.15) is 0 Å². The Hall–Kier alpha value is -0.530. The van der Waals surface area contributed by atoms with Crippen molar-refractivity contribution in [2.45, 2.75) is 110 Å². The number of unbranched alkanes of at least 4 members (excludes halogenated alkanes) is 3. The standard InChI is InChI=1S/C24H41NO/c1-4-5-6-7-8-17-9-11-19-18-10-12-21-24(3,16-14-22(26)25-21)20(18)13-15-23(17,19)2/h17-21H,4-16H2,1-3H3,(H,25,26)/t17?,18-,19-,20+,21?,23+,24+/m0/s1. The van der Waals surface area contributed by atoms with Crippen LogP contribution in [0.4, 0.5) is 0 Å². The van der Waals surface area contributed by atoms with Gasteiger partial charge in [-0.05, 0) is 85.9 Å². The fourth-order valence-electron chi connectivity index (χ4n) is 8.10. The van der Waals surface area contributed by atoms with Crippen molar-refractivity contribution < 1.29 is 4.79 Å². The molecule has 26 heavy (non-hydrogen) atoms. The molecule has 1 amide bonds. The molecule has 4 fully saturated rings. The summed E-state index contributed by atoms with van der Waals surface area (Å²) in [5.74, 6) is 4.05. The van der Waals surface area contributed by atoms with Gasteiger partial charge >= 0.3 is 0 Å². The van der Waals surface area contributed by atoms with E-state index in [1.165, 1.54) is 70.6 Å². The Morgan fingerprint density at radius 3 is 2.54 bits per heavy atom. The molecule has 0 spiro atoms. The molecule has 4 aliphatic rings. The summed E-state index contributed by atoms with van der Waals surface area (Å²) in [6.45, 7) is 7.51. The van der Waals surface area contributed by atoms with Crippen LogP contribution in [0.5, 0.6) is 0 Å². The molecular formula is C24H41NO. The lowest BCUT2D eigenvalue weighted by atomic mass is 9.47. The molecule has 0 aromatic heterocycles. The van der Waals surface area contributed by atoms with Crippen molar-refractivity contribution in [2.24, 2.45) is 34.5 Å². The fraction of sp³-hybridized carbons (Fsp3) is 0.958. The van der Waals surface area contributed by atoms with E-state index >= 15 is 0 Å². The minimum Gasteiger partial charge on any atom is -0.353 e. The first-order chi connectivity index (χ1) is 12.5. The highest BCUT2D eigenvalue weighted by Crippen LogP contribution is 2.66. The summed E-state index contributed by atoms with van der Waals surface area (Å²) in [4.78, 5) is 11.9. The van der Waals surface area contributed by atoms with Crippen molar-refractivity contribution in [1.82, 2.24) is 5.32 Å². The first-order valence-electron chi connectivity index (χ1n) is 11.8. The highest BCUT2D eigenvalue weighted by atomic mass is 16.1. The Labute approximate surface area is 161 Å². The van der Waals surface area contributed by atoms with Crippen molar-refractivity contribution >= 4 is 5.91 Å². The first kappa shape index (κ1) is 18.8. The molecule has 1 heterocycles. The Kier molecular flexibility index (Phi) is 5.16. The zero-order valence-electron chi connectivity index (χ0n) is 17.5. The van der Waals surface area contributed by atoms with Gasteiger partial charge in [-0.25, -0.2) is 0 Å². The Morgan fingerprint density at radius 1 is 0.923 bits per heavy atom. The van der Waals surface area contributed by atoms with E-state index in [9.17, 15) is 4.79 Å². The van der Waals surface area contributed by atoms with Crippen LogP contribution in [0.1, 0.15) is 104 Å². The largest absolute Gasteiger partial charge is 0.353 e. The molecule has 1 aliphatic heterocycles. The zero-order chi connectivity index (χ0) is 18.4. The van der Waals surface area contributed by atoms with Gasteiger partial charge in [0, 0.05) is 12.5 Å². The van der Waals surface area contributed by atoms with Crippen molar-refractivity contribution in [2.75, 3.05) is 0 Å². The predicted octanol–water partition coefficient (Wildman–Crippen LogP) is 6.09. The maximum atomic E-state index is 11.9. The van der Waals surface area contributed by atoms with Gasteiger partial charge in [-0.2, -0.15) is 0 Å². The van der Waals surface area contributed by atoms with E-state index in [-0.39, 0.29) is 0 Å². The van der Waals surface area contributed by atoms with Crippen LogP contribution in [0.2, 0.25) is 0 Å². The van der Waals surface area contributed by atoms with Gasteiger partial charge in [0.25, 0.3) is 0 Å². The lowest BCUT2D eigenvalue weighted by Gasteiger charge is -2.60. The number of nitrogens with one attached hydrogen (secondary N) is 1. The second kappa shape index (κ2) is 7.13. The van der Waals surface area contributed by atoms with E-state index in [4.69, 9.17) is 0 Å². The lowest BCUT2D eigenvalue weighted by Crippen LogP contribution is -2.61. The molecule has 2 nitrogen and oxygen atoms in total. The Balaban J connectivity index is 1.46. The summed E-state index contributed by atoms with van der Waals surface area (Å²) in [6, 6.07) is 0.459. The maximum absolute atomic E-state index is 11.9. The molecule has 1 saturated heterocycles. The minimum absolute atomic E-state index is 0.305. The van der Waals surface area contributed by atoms with E-state index in [1.807, 2.05) is 0 Å². The molecule has 7 atom stereocenters. The minimum atomic E-state index is 0.305. The van der Waals surface area contributed by atoms with Gasteiger partial charge in [0.05, 0.1) is 0 Å². The monoisotopic (exact) mass is 359 g/mol. The Morgan fingerprint density at radius 2 is 1.73 bits per heavy atom. The average molecular weight is 360 g/mol. The summed E-state index contributed by atoms with van der Waals surface area (Å²) in [6.07, 6.45) is 17.5. The third-order valence-electron chi connectivity index (χ3n) is 9.70. The molecule has 0 aromatic carbocycles. The number of fused-ring (bicyclic) bond motifs is 5. The van der Waals surface area contributed by atoms with E-state index < -0.39 is 0 Å². The second-order valence-electron chi connectivity index (χ2n) is 10.7. The van der Waals surface area contributed by atoms with Gasteiger partial charge in [-0.3, -0.25) is 4.79 Å². The number of hydrogen-bond donors (Lipinski definition) is 1. The Bertz CT molecular complexity index is 530. The van der Waals surface area contributed by atoms with Crippen molar-refractivity contribution in [3.63, 3.8) is 0 Å². The van der Waals surface area contributed by atoms with Crippen LogP contribution in [-0.4, -0.2) is 11.9 Å². The van der Waals surface area contributed by atoms with Crippen molar-refractivity contribution in [3.8, 4) is 0 Å². The molecule has 2 unspecified atom stereocenters. The molecule has 0 bridgehead atoms. The van der Waals surface area contributed by atoms with Crippen molar-refractivity contribution in [3.05, 3.63) is 0 Å². The number of carbonyl (C=O) groups is 1. The van der Waals surface area contributed by atoms with Crippen LogP contribution in [0.15, 0.2) is 0 Å². The van der Waals surface area contributed by atoms with Crippen LogP contribution in [0.25, 0.3) is 0 Å². The first-order valence-corrected chi connectivity index (χ1v) is 11.8. The smallest absolute Gasteiger partial charge is 0.220 e. The molecule has 0 aromatic rings. The summed E-state index contributed by atoms with van der Waals surface area (Å²) in [5, 5.41) is 3.37. The molecule has 2 heteroatoms. The predicted molar refractivity (Wildman–Crippen MR) is 108 cm³/mol. The summed E-state index contributed by atoms with van der Waals surface area (Å²) < 4.78 is 0. The third-order valence-corrected chi connectivity index (χ3v) is 9.70. The number of rotatable bonds is 5. The topological polar surface area (TPSA) is 29.1 Å². The molecule has 3 aliphatic carbocycles. The van der Waals surface area contributed by atoms with Crippen LogP contribution in [-0.2, 0) is 4.79 Å². The van der Waals surface area contributed by atoms with E-state index in [2.05, 4.69) is 26.1 Å². The molecular weight excluding hydrogens is 318 g/mol. The van der Waals surface area contributed by atoms with Crippen LogP contribution < -0.4 is 5.32 Å². The second-order valence-corrected chi connectivity index (χ2v) is 10.7. The molecule has 148 valence electrons. The molecule has 3 saturated carbocycles. The summed E-state index contributed by atoms with van der Waals surface area (Å²) in [7, 11) is 0. The SMILES string of the molecule is CCCCCCC1CC[C@H]2[C@@H]3CCC4NC(=O)CC[C@]4(C)[C@@H]3CC[C@]12C. The highest BCUT2D eigenvalue weighted by molar-refractivity contribution is 5.77. The van der Waals surface area contributed by atoms with Gasteiger partial charge in [0.15, 0.2) is 0 Å². The van der Waals surface area contributed by atoms with Crippen LogP contribution in [0, 0.1) is 34.5 Å². The van der Waals surface area contributed by atoms with E-state index in [0.29, 0.717) is 22.8 Å². The molecule has 1 N–H and O–H groups in total. The average Bonchev–Trinajstić information content (AvgIpc) is 2.96. The van der Waals surface area contributed by atoms with E-state index in [0.717, 1.165) is 36.5 Å². The summed E-state index contributed by atoms with van der Waals surface area (Å²) >= 11 is 0. The molecule has 0 radical (unpaired) electrons. The number of piperidine rings is 1. The number of hydrogen-bond acceptors (Lipinski definition) is 1. The van der Waals surface area contributed by atoms with Gasteiger partial charge < -0.3 is 5.32 Å². The van der Waals surface area contributed by atoms with Gasteiger partial charge in [-0.1, -0.05) is 46.5 Å². The zero-order valence-corrected chi connectivity index (χ0v) is 17.5. The van der Waals surface area contributed by atoms with Crippen LogP contribution in [0.3, 0.4) is 0 Å².